The van der Waals surface area contributed by atoms with Crippen molar-refractivity contribution >= 4 is 23.3 Å². The monoisotopic (exact) mass is 445 g/mol. The molecule has 1 fully saturated rings. The van der Waals surface area contributed by atoms with Crippen molar-refractivity contribution in [2.75, 3.05) is 11.9 Å². The van der Waals surface area contributed by atoms with Crippen LogP contribution >= 0.6 is 0 Å². The van der Waals surface area contributed by atoms with Crippen molar-refractivity contribution in [1.29, 1.82) is 0 Å². The average Bonchev–Trinajstić information content (AvgIpc) is 3.40. The minimum atomic E-state index is -0.629. The van der Waals surface area contributed by atoms with Crippen molar-refractivity contribution in [2.24, 2.45) is 0 Å². The summed E-state index contributed by atoms with van der Waals surface area (Å²) in [7, 11) is 0. The van der Waals surface area contributed by atoms with E-state index in [1.165, 1.54) is 50.0 Å². The summed E-state index contributed by atoms with van der Waals surface area (Å²) in [6.07, 6.45) is 7.63. The number of aryl methyl sites for hydroxylation is 1. The second-order valence-corrected chi connectivity index (χ2v) is 8.42. The molecule has 3 aromatic rings. The van der Waals surface area contributed by atoms with Gasteiger partial charge in [0, 0.05) is 11.3 Å². The van der Waals surface area contributed by atoms with Crippen molar-refractivity contribution in [1.82, 2.24) is 0 Å². The molecule has 0 bridgehead atoms. The molecule has 0 spiro atoms. The molecule has 170 valence electrons. The van der Waals surface area contributed by atoms with Crippen LogP contribution in [0.1, 0.15) is 80.4 Å². The van der Waals surface area contributed by atoms with E-state index in [0.29, 0.717) is 17.2 Å². The van der Waals surface area contributed by atoms with Gasteiger partial charge in [0.25, 0.3) is 5.91 Å². The number of nitrogens with one attached hydrogen (secondary N) is 1. The lowest BCUT2D eigenvalue weighted by atomic mass is 9.84. The van der Waals surface area contributed by atoms with Crippen molar-refractivity contribution in [3.05, 3.63) is 88.9 Å². The number of esters is 1. The number of ether oxygens (including phenoxy) is 1. The fourth-order valence-corrected chi connectivity index (χ4v) is 4.15. The van der Waals surface area contributed by atoms with Gasteiger partial charge >= 0.3 is 5.97 Å². The van der Waals surface area contributed by atoms with E-state index in [1.54, 1.807) is 24.3 Å². The topological polar surface area (TPSA) is 85.6 Å². The van der Waals surface area contributed by atoms with E-state index in [0.717, 1.165) is 5.56 Å². The number of amides is 1. The van der Waals surface area contributed by atoms with Crippen molar-refractivity contribution in [2.45, 2.75) is 44.9 Å². The number of carbonyl (C=O) groups excluding carboxylic acids is 3. The predicted octanol–water partition coefficient (Wildman–Crippen LogP) is 5.93. The lowest BCUT2D eigenvalue weighted by Gasteiger charge is -2.22. The van der Waals surface area contributed by atoms with E-state index in [-0.39, 0.29) is 23.7 Å². The van der Waals surface area contributed by atoms with Crippen molar-refractivity contribution < 1.29 is 23.5 Å². The predicted molar refractivity (Wildman–Crippen MR) is 125 cm³/mol. The molecule has 0 radical (unpaired) electrons. The van der Waals surface area contributed by atoms with Crippen LogP contribution < -0.4 is 5.32 Å². The van der Waals surface area contributed by atoms with Crippen LogP contribution in [0.4, 0.5) is 5.69 Å². The number of hydrogen-bond donors (Lipinski definition) is 1. The highest BCUT2D eigenvalue weighted by Crippen LogP contribution is 2.32. The Morgan fingerprint density at radius 1 is 0.970 bits per heavy atom. The van der Waals surface area contributed by atoms with E-state index in [1.807, 2.05) is 31.2 Å². The zero-order chi connectivity index (χ0) is 23.2. The fourth-order valence-electron chi connectivity index (χ4n) is 4.15. The van der Waals surface area contributed by atoms with Crippen LogP contribution in [0, 0.1) is 6.92 Å². The standard InChI is InChI=1S/C27H27NO5/c1-18-9-10-22(16-23(18)28-26(30)25-8-5-15-32-25)27(31)33-17-24(29)21-13-11-20(12-14-21)19-6-3-2-4-7-19/h5,8-16,19H,2-4,6-7,17H2,1H3,(H,28,30). The van der Waals surface area contributed by atoms with Gasteiger partial charge in [-0.25, -0.2) is 4.79 Å². The molecule has 0 aliphatic heterocycles. The number of benzene rings is 2. The van der Waals surface area contributed by atoms with Gasteiger partial charge in [-0.05, 0) is 61.1 Å². The summed E-state index contributed by atoms with van der Waals surface area (Å²) >= 11 is 0. The maximum atomic E-state index is 12.5. The molecular weight excluding hydrogens is 418 g/mol. The zero-order valence-corrected chi connectivity index (χ0v) is 18.6. The van der Waals surface area contributed by atoms with Gasteiger partial charge in [-0.15, -0.1) is 0 Å². The number of rotatable bonds is 7. The van der Waals surface area contributed by atoms with Gasteiger partial charge in [0.15, 0.2) is 18.2 Å². The van der Waals surface area contributed by atoms with Crippen LogP contribution in [0.15, 0.2) is 65.3 Å². The average molecular weight is 446 g/mol. The molecule has 6 heteroatoms. The molecule has 1 aliphatic rings. The Balaban J connectivity index is 1.35. The highest BCUT2D eigenvalue weighted by atomic mass is 16.5. The summed E-state index contributed by atoms with van der Waals surface area (Å²) < 4.78 is 10.3. The molecule has 1 amide bonds. The van der Waals surface area contributed by atoms with E-state index in [2.05, 4.69) is 5.32 Å². The Labute approximate surface area is 192 Å². The number of ketones is 1. The number of furan rings is 1. The first kappa shape index (κ1) is 22.5. The molecule has 0 saturated heterocycles. The molecule has 2 aromatic carbocycles. The first-order valence-electron chi connectivity index (χ1n) is 11.3. The van der Waals surface area contributed by atoms with Gasteiger partial charge in [-0.2, -0.15) is 0 Å². The second-order valence-electron chi connectivity index (χ2n) is 8.42. The Morgan fingerprint density at radius 2 is 1.70 bits per heavy atom. The third kappa shape index (κ3) is 5.58. The number of anilines is 1. The first-order valence-corrected chi connectivity index (χ1v) is 11.3. The van der Waals surface area contributed by atoms with E-state index in [9.17, 15) is 14.4 Å². The molecule has 0 atom stereocenters. The minimum absolute atomic E-state index is 0.169. The zero-order valence-electron chi connectivity index (χ0n) is 18.6. The number of hydrogen-bond acceptors (Lipinski definition) is 5. The van der Waals surface area contributed by atoms with E-state index < -0.39 is 11.9 Å². The molecule has 1 aromatic heterocycles. The van der Waals surface area contributed by atoms with Gasteiger partial charge in [-0.3, -0.25) is 9.59 Å². The summed E-state index contributed by atoms with van der Waals surface area (Å²) in [6, 6.07) is 15.7. The normalized spacial score (nSPS) is 14.0. The lowest BCUT2D eigenvalue weighted by Crippen LogP contribution is -2.16. The summed E-state index contributed by atoms with van der Waals surface area (Å²) in [5.74, 6) is -0.555. The van der Waals surface area contributed by atoms with Crippen LogP contribution in [0.25, 0.3) is 0 Å². The Morgan fingerprint density at radius 3 is 2.39 bits per heavy atom. The second kappa shape index (κ2) is 10.3. The molecule has 1 heterocycles. The van der Waals surface area contributed by atoms with Crippen LogP contribution in [-0.4, -0.2) is 24.3 Å². The number of Topliss-reactive ketones (excluding diaryl/α,β-unsaturated/α-hetero) is 1. The Bertz CT molecular complexity index is 1130. The third-order valence-electron chi connectivity index (χ3n) is 6.11. The SMILES string of the molecule is Cc1ccc(C(=O)OCC(=O)c2ccc(C3CCCCC3)cc2)cc1NC(=O)c1ccco1. The highest BCUT2D eigenvalue weighted by Gasteiger charge is 2.18. The van der Waals surface area contributed by atoms with Crippen molar-refractivity contribution in [3.8, 4) is 0 Å². The third-order valence-corrected chi connectivity index (χ3v) is 6.11. The Kier molecular flexibility index (Phi) is 7.03. The van der Waals surface area contributed by atoms with Gasteiger partial charge in [-0.1, -0.05) is 49.6 Å². The van der Waals surface area contributed by atoms with Gasteiger partial charge in [0.2, 0.25) is 0 Å². The molecule has 1 saturated carbocycles. The minimum Gasteiger partial charge on any atom is -0.459 e. The van der Waals surface area contributed by atoms with E-state index >= 15 is 0 Å². The quantitative estimate of drug-likeness (QED) is 0.360. The summed E-state index contributed by atoms with van der Waals surface area (Å²) in [5.41, 5.74) is 3.29. The van der Waals surface area contributed by atoms with Crippen LogP contribution in [0.5, 0.6) is 0 Å². The Hall–Kier alpha value is -3.67. The molecule has 4 rings (SSSR count). The van der Waals surface area contributed by atoms with Crippen LogP contribution in [0.2, 0.25) is 0 Å². The van der Waals surface area contributed by atoms with Gasteiger partial charge in [0.1, 0.15) is 0 Å². The maximum Gasteiger partial charge on any atom is 0.338 e. The molecular formula is C27H27NO5. The lowest BCUT2D eigenvalue weighted by molar-refractivity contribution is 0.0474. The number of carbonyl (C=O) groups is 3. The van der Waals surface area contributed by atoms with E-state index in [4.69, 9.17) is 9.15 Å². The fraction of sp³-hybridized carbons (Fsp3) is 0.296. The van der Waals surface area contributed by atoms with Crippen LogP contribution in [-0.2, 0) is 4.74 Å². The molecule has 0 unspecified atom stereocenters. The molecule has 33 heavy (non-hydrogen) atoms. The molecule has 1 aliphatic carbocycles. The smallest absolute Gasteiger partial charge is 0.338 e. The highest BCUT2D eigenvalue weighted by molar-refractivity contribution is 6.04. The van der Waals surface area contributed by atoms with Gasteiger partial charge in [0.05, 0.1) is 11.8 Å². The summed E-state index contributed by atoms with van der Waals surface area (Å²) in [4.78, 5) is 37.3. The largest absolute Gasteiger partial charge is 0.459 e. The summed E-state index contributed by atoms with van der Waals surface area (Å²) in [5, 5.41) is 2.72. The maximum absolute atomic E-state index is 12.5. The molecule has 6 nitrogen and oxygen atoms in total. The van der Waals surface area contributed by atoms with Crippen molar-refractivity contribution in [3.63, 3.8) is 0 Å². The van der Waals surface area contributed by atoms with Crippen LogP contribution in [0.3, 0.4) is 0 Å². The van der Waals surface area contributed by atoms with Gasteiger partial charge < -0.3 is 14.5 Å². The first-order chi connectivity index (χ1) is 16.0. The molecule has 1 N–H and O–H groups in total. The summed E-state index contributed by atoms with van der Waals surface area (Å²) in [6.45, 7) is 1.47.